The highest BCUT2D eigenvalue weighted by Gasteiger charge is 2.65. The Hall–Kier alpha value is -5.09. The van der Waals surface area contributed by atoms with Crippen LogP contribution in [-0.4, -0.2) is 105 Å². The Bertz CT molecular complexity index is 1910. The van der Waals surface area contributed by atoms with Crippen molar-refractivity contribution in [2.24, 2.45) is 22.9 Å². The maximum absolute atomic E-state index is 13.9. The maximum Gasteiger partial charge on any atom is 0.417 e. The Morgan fingerprint density at radius 1 is 1.00 bits per heavy atom. The van der Waals surface area contributed by atoms with E-state index in [-0.39, 0.29) is 56.4 Å². The molecule has 0 spiro atoms. The van der Waals surface area contributed by atoms with Crippen molar-refractivity contribution >= 4 is 23.6 Å². The Labute approximate surface area is 364 Å². The molecule has 3 N–H and O–H groups in total. The fourth-order valence-corrected chi connectivity index (χ4v) is 9.31. The van der Waals surface area contributed by atoms with Gasteiger partial charge in [0, 0.05) is 50.7 Å². The minimum absolute atomic E-state index is 0.00392. The van der Waals surface area contributed by atoms with Gasteiger partial charge < -0.3 is 53.1 Å². The third-order valence-electron chi connectivity index (χ3n) is 12.2. The first-order valence-corrected chi connectivity index (χ1v) is 21.8. The van der Waals surface area contributed by atoms with Gasteiger partial charge in [0.2, 0.25) is 12.1 Å². The number of likely N-dealkylation sites (N-methyl/N-ethyl adjacent to an activating group) is 1. The normalized spacial score (nSPS) is 25.5. The van der Waals surface area contributed by atoms with E-state index in [0.29, 0.717) is 60.9 Å². The topological polar surface area (TPSA) is 176 Å². The first-order valence-electron chi connectivity index (χ1n) is 21.8. The molecular weight excluding hydrogens is 799 g/mol. The SMILES string of the molecule is C=CCCOC(=O)N(C)[C@H]1CC(=NOC2CCCCO2)C2=C[C@H](CCCCO)[C@@H](CCCCO)[C@@H]3c4cc(OC(=O)Nc5ccc(OC)cc5OC)ccc4O[C@@]1(OCC=C)[C@H]23. The molecule has 6 rings (SSSR count). The summed E-state index contributed by atoms with van der Waals surface area (Å²) in [4.78, 5) is 35.1. The van der Waals surface area contributed by atoms with Crippen molar-refractivity contribution in [2.45, 2.75) is 94.7 Å². The van der Waals surface area contributed by atoms with Gasteiger partial charge in [-0.1, -0.05) is 36.2 Å². The first-order chi connectivity index (χ1) is 30.2. The van der Waals surface area contributed by atoms with Gasteiger partial charge in [-0.15, -0.1) is 13.2 Å². The Kier molecular flexibility index (Phi) is 16.7. The van der Waals surface area contributed by atoms with Gasteiger partial charge in [-0.05, 0) is 92.7 Å². The fourth-order valence-electron chi connectivity index (χ4n) is 9.31. The van der Waals surface area contributed by atoms with Gasteiger partial charge in [-0.3, -0.25) is 5.32 Å². The minimum Gasteiger partial charge on any atom is -0.497 e. The molecule has 2 heterocycles. The van der Waals surface area contributed by atoms with Gasteiger partial charge in [-0.2, -0.15) is 0 Å². The number of hydrogen-bond acceptors (Lipinski definition) is 13. The molecule has 2 aromatic carbocycles. The van der Waals surface area contributed by atoms with Gasteiger partial charge in [0.15, 0.2) is 0 Å². The van der Waals surface area contributed by atoms with Gasteiger partial charge in [-0.25, -0.2) is 9.59 Å². The molecule has 338 valence electrons. The number of nitrogens with one attached hydrogen (secondary N) is 1. The number of oxime groups is 1. The average molecular weight is 862 g/mol. The number of amides is 2. The van der Waals surface area contributed by atoms with Crippen molar-refractivity contribution in [3.8, 4) is 23.0 Å². The standard InChI is InChI=1S/C47H63N3O12/c1-6-8-25-58-46(54)50(3)41-30-38(49-62-42-17-11-14-26-57-42)35-27-31(15-9-12-22-51)34(16-10-13-23-52)43-36-28-33(19-21-39(36)61-47(41,44(35)43)59-24-7-2)60-45(53)48-37-20-18-32(55-4)29-40(37)56-5/h6-7,18-21,27-29,31,34,41-44,51-52H,1-2,8-17,22-26,30H2,3-5H3,(H,48,53)/t31-,34+,41-,42?,43+,44+,47+/m0/s1. The number of benzene rings is 2. The van der Waals surface area contributed by atoms with Crippen LogP contribution < -0.4 is 24.3 Å². The average Bonchev–Trinajstić information content (AvgIpc) is 3.29. The monoisotopic (exact) mass is 861 g/mol. The number of carbonyl (C=O) groups excluding carboxylic acids is 2. The van der Waals surface area contributed by atoms with E-state index >= 15 is 0 Å². The van der Waals surface area contributed by atoms with E-state index in [1.165, 1.54) is 12.0 Å². The maximum atomic E-state index is 13.9. The van der Waals surface area contributed by atoms with Gasteiger partial charge in [0.25, 0.3) is 0 Å². The number of methoxy groups -OCH3 is 2. The summed E-state index contributed by atoms with van der Waals surface area (Å²) in [5, 5.41) is 27.4. The summed E-state index contributed by atoms with van der Waals surface area (Å²) in [5.74, 6) is -0.655. The van der Waals surface area contributed by atoms with Crippen LogP contribution in [0.2, 0.25) is 0 Å². The van der Waals surface area contributed by atoms with Crippen LogP contribution >= 0.6 is 0 Å². The van der Waals surface area contributed by atoms with Crippen LogP contribution in [0.15, 0.2) is 78.5 Å². The molecule has 0 radical (unpaired) electrons. The number of fused-ring (bicyclic) bond motifs is 2. The predicted octanol–water partition coefficient (Wildman–Crippen LogP) is 8.12. The summed E-state index contributed by atoms with van der Waals surface area (Å²) < 4.78 is 42.5. The van der Waals surface area contributed by atoms with E-state index in [0.717, 1.165) is 49.7 Å². The number of unbranched alkanes of at least 4 members (excludes halogenated alkanes) is 2. The van der Waals surface area contributed by atoms with Crippen LogP contribution in [0, 0.1) is 17.8 Å². The van der Waals surface area contributed by atoms with Crippen molar-refractivity contribution in [2.75, 3.05) is 59.6 Å². The van der Waals surface area contributed by atoms with E-state index in [1.807, 2.05) is 6.07 Å². The molecule has 1 unspecified atom stereocenters. The molecule has 4 aliphatic rings. The molecule has 2 aromatic rings. The summed E-state index contributed by atoms with van der Waals surface area (Å²) in [6.45, 7) is 8.69. The number of allylic oxidation sites excluding steroid dienone is 1. The quantitative estimate of drug-likeness (QED) is 0.0626. The predicted molar refractivity (Wildman–Crippen MR) is 233 cm³/mol. The summed E-state index contributed by atoms with van der Waals surface area (Å²) in [6, 6.07) is 9.55. The van der Waals surface area contributed by atoms with E-state index in [1.54, 1.807) is 56.6 Å². The molecule has 15 heteroatoms. The van der Waals surface area contributed by atoms with Crippen molar-refractivity contribution in [3.63, 3.8) is 0 Å². The van der Waals surface area contributed by atoms with E-state index in [4.69, 9.17) is 43.2 Å². The lowest BCUT2D eigenvalue weighted by atomic mass is 9.55. The lowest BCUT2D eigenvalue weighted by Crippen LogP contribution is -2.69. The zero-order valence-corrected chi connectivity index (χ0v) is 36.3. The molecule has 62 heavy (non-hydrogen) atoms. The molecule has 2 amide bonds. The number of ether oxygens (including phenoxy) is 7. The van der Waals surface area contributed by atoms with E-state index in [2.05, 4.69) is 24.6 Å². The molecule has 1 saturated carbocycles. The van der Waals surface area contributed by atoms with E-state index in [9.17, 15) is 19.8 Å². The van der Waals surface area contributed by atoms with Crippen LogP contribution in [0.5, 0.6) is 23.0 Å². The molecule has 7 atom stereocenters. The largest absolute Gasteiger partial charge is 0.497 e. The summed E-state index contributed by atoms with van der Waals surface area (Å²) in [7, 11) is 4.72. The van der Waals surface area contributed by atoms with Crippen LogP contribution in [0.25, 0.3) is 0 Å². The highest BCUT2D eigenvalue weighted by Crippen LogP contribution is 2.62. The van der Waals surface area contributed by atoms with Gasteiger partial charge >= 0.3 is 12.2 Å². The Morgan fingerprint density at radius 3 is 2.50 bits per heavy atom. The Balaban J connectivity index is 1.49. The lowest BCUT2D eigenvalue weighted by Gasteiger charge is -2.59. The number of carbonyl (C=O) groups is 2. The van der Waals surface area contributed by atoms with Crippen LogP contribution in [-0.2, 0) is 19.0 Å². The molecular formula is C47H63N3O12. The highest BCUT2D eigenvalue weighted by atomic mass is 16.8. The second-order valence-corrected chi connectivity index (χ2v) is 16.1. The van der Waals surface area contributed by atoms with E-state index < -0.39 is 36.2 Å². The second kappa shape index (κ2) is 22.3. The molecule has 15 nitrogen and oxygen atoms in total. The number of aliphatic hydroxyl groups is 2. The summed E-state index contributed by atoms with van der Waals surface area (Å²) in [6.07, 6.45) is 11.4. The molecule has 0 bridgehead atoms. The summed E-state index contributed by atoms with van der Waals surface area (Å²) in [5.41, 5.74) is 2.69. The number of anilines is 1. The zero-order valence-electron chi connectivity index (χ0n) is 36.3. The molecule has 1 saturated heterocycles. The summed E-state index contributed by atoms with van der Waals surface area (Å²) >= 11 is 0. The van der Waals surface area contributed by atoms with Gasteiger partial charge in [0.05, 0.1) is 51.4 Å². The van der Waals surface area contributed by atoms with Crippen LogP contribution in [0.3, 0.4) is 0 Å². The third kappa shape index (κ3) is 10.6. The van der Waals surface area contributed by atoms with Crippen molar-refractivity contribution in [3.05, 3.63) is 78.9 Å². The zero-order chi connectivity index (χ0) is 44.1. The Morgan fingerprint density at radius 2 is 1.79 bits per heavy atom. The first kappa shape index (κ1) is 46.4. The number of aliphatic hydroxyl groups excluding tert-OH is 2. The van der Waals surface area contributed by atoms with Crippen molar-refractivity contribution in [1.82, 2.24) is 4.90 Å². The molecule has 2 aliphatic heterocycles. The second-order valence-electron chi connectivity index (χ2n) is 16.1. The molecule has 2 fully saturated rings. The van der Waals surface area contributed by atoms with Crippen molar-refractivity contribution in [1.29, 1.82) is 0 Å². The highest BCUT2D eigenvalue weighted by molar-refractivity contribution is 6.03. The minimum atomic E-state index is -1.47. The van der Waals surface area contributed by atoms with Crippen LogP contribution in [0.1, 0.15) is 82.1 Å². The number of rotatable bonds is 21. The fraction of sp³-hybridized carbons (Fsp3) is 0.553. The van der Waals surface area contributed by atoms with Gasteiger partial charge in [0.1, 0.15) is 29.0 Å². The lowest BCUT2D eigenvalue weighted by molar-refractivity contribution is -0.254. The number of hydrogen-bond donors (Lipinski definition) is 3. The number of nitrogens with zero attached hydrogens (tertiary/aromatic N) is 2. The smallest absolute Gasteiger partial charge is 0.417 e. The van der Waals surface area contributed by atoms with Crippen LogP contribution in [0.4, 0.5) is 15.3 Å². The third-order valence-corrected chi connectivity index (χ3v) is 12.2. The molecule has 0 aromatic heterocycles. The molecule has 2 aliphatic carbocycles. The van der Waals surface area contributed by atoms with Crippen molar-refractivity contribution < 1.29 is 57.8 Å².